The molecule has 0 bridgehead atoms. The second kappa shape index (κ2) is 10.1. The molecule has 2 aromatic heterocycles. The Morgan fingerprint density at radius 3 is 2.90 bits per heavy atom. The molecule has 9 heteroatoms. The van der Waals surface area contributed by atoms with E-state index >= 15 is 0 Å². The van der Waals surface area contributed by atoms with E-state index in [9.17, 15) is 8.78 Å². The number of aliphatic imine (C=N–C) groups is 1. The number of benzene rings is 1. The monoisotopic (exact) mass is 526 g/mol. The van der Waals surface area contributed by atoms with Gasteiger partial charge in [-0.3, -0.25) is 4.99 Å². The van der Waals surface area contributed by atoms with Crippen LogP contribution in [0.25, 0.3) is 5.65 Å². The number of pyridine rings is 1. The number of hydrogen-bond acceptors (Lipinski definition) is 3. The summed E-state index contributed by atoms with van der Waals surface area (Å²) >= 11 is 0. The quantitative estimate of drug-likeness (QED) is 0.305. The first kappa shape index (κ1) is 22.3. The Kier molecular flexibility index (Phi) is 7.46. The number of nitrogens with one attached hydrogen (secondary N) is 2. The lowest BCUT2D eigenvalue weighted by atomic mass is 10.2. The predicted molar refractivity (Wildman–Crippen MR) is 126 cm³/mol. The molecule has 2 N–H and O–H groups in total. The zero-order valence-electron chi connectivity index (χ0n) is 16.7. The van der Waals surface area contributed by atoms with Crippen molar-refractivity contribution in [1.82, 2.24) is 20.0 Å². The number of guanidine groups is 1. The fraction of sp³-hybridized carbons (Fsp3) is 0.333. The van der Waals surface area contributed by atoms with Crippen LogP contribution in [0.4, 0.5) is 14.5 Å². The van der Waals surface area contributed by atoms with Gasteiger partial charge < -0.3 is 19.9 Å². The van der Waals surface area contributed by atoms with Gasteiger partial charge in [-0.15, -0.1) is 24.0 Å². The summed E-state index contributed by atoms with van der Waals surface area (Å²) < 4.78 is 29.2. The number of fused-ring (bicyclic) bond motifs is 1. The number of rotatable bonds is 5. The average Bonchev–Trinajstić information content (AvgIpc) is 3.33. The van der Waals surface area contributed by atoms with Crippen LogP contribution in [0.5, 0.6) is 0 Å². The standard InChI is InChI=1S/C21H24F2N6.HI/c1-24-21(25-9-7-16-14-29-10-3-2-4-20(29)26-16)27-17-8-11-28(13-17)19-6-5-15(22)12-18(19)23;/h2-6,10,12,14,17H,7-9,11,13H2,1H3,(H2,24,25,27);1H. The van der Waals surface area contributed by atoms with Crippen molar-refractivity contribution in [2.24, 2.45) is 4.99 Å². The molecule has 1 aliphatic heterocycles. The topological polar surface area (TPSA) is 57.0 Å². The zero-order valence-corrected chi connectivity index (χ0v) is 19.0. The summed E-state index contributed by atoms with van der Waals surface area (Å²) in [7, 11) is 1.73. The lowest BCUT2D eigenvalue weighted by Gasteiger charge is -2.21. The van der Waals surface area contributed by atoms with Crippen molar-refractivity contribution in [1.29, 1.82) is 0 Å². The van der Waals surface area contributed by atoms with Crippen LogP contribution in [0, 0.1) is 11.6 Å². The molecular formula is C21H25F2IN6. The van der Waals surface area contributed by atoms with Gasteiger partial charge in [0.15, 0.2) is 5.96 Å². The minimum absolute atomic E-state index is 0. The Labute approximate surface area is 191 Å². The molecule has 1 saturated heterocycles. The number of imidazole rings is 1. The smallest absolute Gasteiger partial charge is 0.191 e. The first-order valence-electron chi connectivity index (χ1n) is 9.72. The van der Waals surface area contributed by atoms with E-state index in [1.807, 2.05) is 39.9 Å². The van der Waals surface area contributed by atoms with E-state index in [4.69, 9.17) is 0 Å². The highest BCUT2D eigenvalue weighted by molar-refractivity contribution is 14.0. The van der Waals surface area contributed by atoms with Gasteiger partial charge in [-0.25, -0.2) is 13.8 Å². The van der Waals surface area contributed by atoms with Crippen LogP contribution in [0.3, 0.4) is 0 Å². The van der Waals surface area contributed by atoms with Crippen LogP contribution in [-0.2, 0) is 6.42 Å². The molecule has 0 spiro atoms. The molecule has 1 aliphatic rings. The largest absolute Gasteiger partial charge is 0.367 e. The normalized spacial score (nSPS) is 16.6. The molecule has 0 radical (unpaired) electrons. The summed E-state index contributed by atoms with van der Waals surface area (Å²) in [4.78, 5) is 10.8. The Bertz CT molecular complexity index is 989. The van der Waals surface area contributed by atoms with Gasteiger partial charge in [0.25, 0.3) is 0 Å². The van der Waals surface area contributed by atoms with Gasteiger partial charge in [0, 0.05) is 57.6 Å². The third-order valence-corrected chi connectivity index (χ3v) is 5.09. The summed E-state index contributed by atoms with van der Waals surface area (Å²) in [6.07, 6.45) is 5.64. The first-order chi connectivity index (χ1) is 14.1. The van der Waals surface area contributed by atoms with Gasteiger partial charge in [0.05, 0.1) is 11.4 Å². The summed E-state index contributed by atoms with van der Waals surface area (Å²) in [6, 6.07) is 9.78. The average molecular weight is 526 g/mol. The second-order valence-electron chi connectivity index (χ2n) is 7.12. The van der Waals surface area contributed by atoms with E-state index < -0.39 is 11.6 Å². The van der Waals surface area contributed by atoms with Gasteiger partial charge in [-0.05, 0) is 30.7 Å². The molecule has 3 heterocycles. The van der Waals surface area contributed by atoms with Crippen molar-refractivity contribution in [3.8, 4) is 0 Å². The summed E-state index contributed by atoms with van der Waals surface area (Å²) in [6.45, 7) is 2.04. The number of hydrogen-bond donors (Lipinski definition) is 2. The molecule has 1 atom stereocenters. The van der Waals surface area contributed by atoms with Gasteiger partial charge in [-0.1, -0.05) is 6.07 Å². The van der Waals surface area contributed by atoms with Crippen molar-refractivity contribution >= 4 is 41.3 Å². The van der Waals surface area contributed by atoms with E-state index in [1.165, 1.54) is 12.1 Å². The molecule has 1 unspecified atom stereocenters. The Balaban J connectivity index is 0.00000256. The highest BCUT2D eigenvalue weighted by Crippen LogP contribution is 2.24. The van der Waals surface area contributed by atoms with Crippen LogP contribution < -0.4 is 15.5 Å². The Morgan fingerprint density at radius 1 is 1.27 bits per heavy atom. The molecule has 160 valence electrons. The zero-order chi connectivity index (χ0) is 20.2. The third-order valence-electron chi connectivity index (χ3n) is 5.09. The molecule has 0 aliphatic carbocycles. The number of aromatic nitrogens is 2. The Morgan fingerprint density at radius 2 is 2.13 bits per heavy atom. The van der Waals surface area contributed by atoms with Crippen LogP contribution >= 0.6 is 24.0 Å². The lowest BCUT2D eigenvalue weighted by molar-refractivity contribution is 0.580. The van der Waals surface area contributed by atoms with Crippen LogP contribution in [0.2, 0.25) is 0 Å². The van der Waals surface area contributed by atoms with Crippen molar-refractivity contribution in [2.45, 2.75) is 18.9 Å². The van der Waals surface area contributed by atoms with Crippen molar-refractivity contribution in [3.05, 3.63) is 66.1 Å². The number of anilines is 1. The van der Waals surface area contributed by atoms with Gasteiger partial charge in [-0.2, -0.15) is 0 Å². The van der Waals surface area contributed by atoms with Crippen molar-refractivity contribution in [3.63, 3.8) is 0 Å². The third kappa shape index (κ3) is 5.18. The molecule has 1 aromatic carbocycles. The highest BCUT2D eigenvalue weighted by Gasteiger charge is 2.25. The van der Waals surface area contributed by atoms with E-state index in [0.717, 1.165) is 30.2 Å². The maximum atomic E-state index is 14.0. The number of nitrogens with zero attached hydrogens (tertiary/aromatic N) is 4. The molecular weight excluding hydrogens is 501 g/mol. The highest BCUT2D eigenvalue weighted by atomic mass is 127. The predicted octanol–water partition coefficient (Wildman–Crippen LogP) is 3.22. The second-order valence-corrected chi connectivity index (χ2v) is 7.12. The van der Waals surface area contributed by atoms with Gasteiger partial charge >= 0.3 is 0 Å². The maximum Gasteiger partial charge on any atom is 0.191 e. The van der Waals surface area contributed by atoms with Crippen LogP contribution in [0.1, 0.15) is 12.1 Å². The van der Waals surface area contributed by atoms with Crippen LogP contribution in [-0.4, -0.2) is 48.1 Å². The molecule has 4 rings (SSSR count). The molecule has 30 heavy (non-hydrogen) atoms. The SMILES string of the molecule is CN=C(NCCc1cn2ccccc2n1)NC1CCN(c2ccc(F)cc2F)C1.I. The first-order valence-corrected chi connectivity index (χ1v) is 9.72. The fourth-order valence-corrected chi connectivity index (χ4v) is 3.64. The minimum Gasteiger partial charge on any atom is -0.367 e. The number of halogens is 3. The van der Waals surface area contributed by atoms with Crippen molar-refractivity contribution in [2.75, 3.05) is 31.6 Å². The van der Waals surface area contributed by atoms with E-state index in [0.29, 0.717) is 31.3 Å². The van der Waals surface area contributed by atoms with Gasteiger partial charge in [0.2, 0.25) is 0 Å². The summed E-state index contributed by atoms with van der Waals surface area (Å²) in [5.74, 6) is -0.379. The molecule has 3 aromatic rings. The Hall–Kier alpha value is -2.43. The summed E-state index contributed by atoms with van der Waals surface area (Å²) in [5.41, 5.74) is 2.38. The van der Waals surface area contributed by atoms with Crippen LogP contribution in [0.15, 0.2) is 53.8 Å². The summed E-state index contributed by atoms with van der Waals surface area (Å²) in [5, 5.41) is 6.69. The molecule has 6 nitrogen and oxygen atoms in total. The molecule has 0 saturated carbocycles. The van der Waals surface area contributed by atoms with E-state index in [2.05, 4.69) is 20.6 Å². The lowest BCUT2D eigenvalue weighted by Crippen LogP contribution is -2.45. The van der Waals surface area contributed by atoms with E-state index in [-0.39, 0.29) is 30.0 Å². The van der Waals surface area contributed by atoms with Crippen molar-refractivity contribution < 1.29 is 8.78 Å². The minimum atomic E-state index is -0.560. The fourth-order valence-electron chi connectivity index (χ4n) is 3.64. The maximum absolute atomic E-state index is 14.0. The van der Waals surface area contributed by atoms with E-state index in [1.54, 1.807) is 7.05 Å². The molecule has 1 fully saturated rings. The van der Waals surface area contributed by atoms with Gasteiger partial charge in [0.1, 0.15) is 17.3 Å². The molecule has 0 amide bonds.